The summed E-state index contributed by atoms with van der Waals surface area (Å²) >= 11 is 0. The molecule has 1 aromatic rings. The number of nitrogens with two attached hydrogens (primary N) is 1. The molecule has 1 aliphatic heterocycles. The molecule has 1 unspecified atom stereocenters. The van der Waals surface area contributed by atoms with Crippen LogP contribution in [-0.4, -0.2) is 32.4 Å². The fourth-order valence-corrected chi connectivity index (χ4v) is 4.28. The van der Waals surface area contributed by atoms with Crippen molar-refractivity contribution in [2.24, 2.45) is 0 Å². The highest BCUT2D eigenvalue weighted by Crippen LogP contribution is 2.39. The van der Waals surface area contributed by atoms with Gasteiger partial charge >= 0.3 is 6.18 Å². The fraction of sp³-hybridized carbons (Fsp3) is 0.667. The quantitative estimate of drug-likeness (QED) is 0.603. The monoisotopic (exact) mass is 374 g/mol. The van der Waals surface area contributed by atoms with Crippen LogP contribution < -0.4 is 5.73 Å². The summed E-state index contributed by atoms with van der Waals surface area (Å²) in [4.78, 5) is 2.01. The molecule has 25 heavy (non-hydrogen) atoms. The normalized spacial score (nSPS) is 20.2. The number of likely N-dealkylation sites (tertiary alicyclic amines) is 1. The minimum absolute atomic E-state index is 0.0835. The Balaban J connectivity index is 2.08. The van der Waals surface area contributed by atoms with Crippen LogP contribution in [0.3, 0.4) is 0 Å². The Labute approximate surface area is 149 Å². The first-order valence-corrected chi connectivity index (χ1v) is 11.6. The van der Waals surface area contributed by atoms with Gasteiger partial charge in [-0.2, -0.15) is 13.2 Å². The fourth-order valence-electron chi connectivity index (χ4n) is 2.90. The van der Waals surface area contributed by atoms with Crippen molar-refractivity contribution in [3.63, 3.8) is 0 Å². The van der Waals surface area contributed by atoms with Crippen LogP contribution in [0.4, 0.5) is 18.9 Å². The SMILES string of the molecule is CC(C)(C)[Si](C)(C)OC1CCN(Cc2c(N)cccc2C(F)(F)F)C1. The van der Waals surface area contributed by atoms with Crippen molar-refractivity contribution in [1.82, 2.24) is 4.90 Å². The Morgan fingerprint density at radius 2 is 1.88 bits per heavy atom. The van der Waals surface area contributed by atoms with Crippen LogP contribution in [0.25, 0.3) is 0 Å². The van der Waals surface area contributed by atoms with E-state index < -0.39 is 20.1 Å². The first kappa shape index (κ1) is 20.3. The molecule has 0 spiro atoms. The van der Waals surface area contributed by atoms with Crippen molar-refractivity contribution in [3.05, 3.63) is 29.3 Å². The van der Waals surface area contributed by atoms with E-state index in [1.165, 1.54) is 12.1 Å². The molecule has 1 heterocycles. The Morgan fingerprint density at radius 1 is 1.24 bits per heavy atom. The van der Waals surface area contributed by atoms with Crippen LogP contribution in [0.2, 0.25) is 18.1 Å². The van der Waals surface area contributed by atoms with Gasteiger partial charge in [-0.15, -0.1) is 0 Å². The van der Waals surface area contributed by atoms with Crippen LogP contribution in [0.5, 0.6) is 0 Å². The molecule has 2 N–H and O–H groups in total. The second-order valence-corrected chi connectivity index (χ2v) is 13.2. The highest BCUT2D eigenvalue weighted by molar-refractivity contribution is 6.74. The molecule has 1 aliphatic rings. The van der Waals surface area contributed by atoms with Crippen molar-refractivity contribution in [1.29, 1.82) is 0 Å². The number of nitrogens with zero attached hydrogens (tertiary/aromatic N) is 1. The Hall–Kier alpha value is -1.05. The molecular formula is C18H29F3N2OSi. The summed E-state index contributed by atoms with van der Waals surface area (Å²) in [5, 5.41) is 0.119. The standard InChI is InChI=1S/C18H29F3N2OSi/c1-17(2,3)25(4,5)24-13-9-10-23(11-13)12-14-15(18(19,20)21)7-6-8-16(14)22/h6-8,13H,9-12,22H2,1-5H3. The van der Waals surface area contributed by atoms with E-state index in [9.17, 15) is 13.2 Å². The van der Waals surface area contributed by atoms with Gasteiger partial charge in [-0.25, -0.2) is 0 Å². The number of alkyl halides is 3. The molecule has 0 bridgehead atoms. The molecule has 1 atom stereocenters. The number of rotatable bonds is 4. The minimum Gasteiger partial charge on any atom is -0.413 e. The number of hydrogen-bond acceptors (Lipinski definition) is 3. The largest absolute Gasteiger partial charge is 0.416 e. The second kappa shape index (κ2) is 6.93. The van der Waals surface area contributed by atoms with Gasteiger partial charge in [0.05, 0.1) is 11.7 Å². The third-order valence-electron chi connectivity index (χ3n) is 5.40. The maximum atomic E-state index is 13.2. The Morgan fingerprint density at radius 3 is 2.44 bits per heavy atom. The van der Waals surface area contributed by atoms with Gasteiger partial charge in [0.1, 0.15) is 0 Å². The molecule has 142 valence electrons. The van der Waals surface area contributed by atoms with Gasteiger partial charge in [0.25, 0.3) is 0 Å². The van der Waals surface area contributed by atoms with Crippen molar-refractivity contribution in [3.8, 4) is 0 Å². The molecule has 0 radical (unpaired) electrons. The van der Waals surface area contributed by atoms with Crippen molar-refractivity contribution in [2.45, 2.75) is 64.1 Å². The first-order chi connectivity index (χ1) is 11.3. The third kappa shape index (κ3) is 4.77. The lowest BCUT2D eigenvalue weighted by molar-refractivity contribution is -0.138. The summed E-state index contributed by atoms with van der Waals surface area (Å²) in [5.41, 5.74) is 5.57. The topological polar surface area (TPSA) is 38.5 Å². The average molecular weight is 375 g/mol. The third-order valence-corrected chi connectivity index (χ3v) is 9.93. The minimum atomic E-state index is -4.39. The van der Waals surface area contributed by atoms with Crippen molar-refractivity contribution < 1.29 is 17.6 Å². The Bertz CT molecular complexity index is 611. The molecule has 1 aromatic carbocycles. The lowest BCUT2D eigenvalue weighted by Crippen LogP contribution is -2.44. The van der Waals surface area contributed by atoms with Crippen LogP contribution in [-0.2, 0) is 17.1 Å². The molecule has 1 saturated heterocycles. The maximum Gasteiger partial charge on any atom is 0.416 e. The molecule has 0 aliphatic carbocycles. The second-order valence-electron chi connectivity index (χ2n) is 8.40. The number of hydrogen-bond donors (Lipinski definition) is 1. The lowest BCUT2D eigenvalue weighted by atomic mass is 10.0. The molecule has 0 saturated carbocycles. The summed E-state index contributed by atoms with van der Waals surface area (Å²) < 4.78 is 46.1. The lowest BCUT2D eigenvalue weighted by Gasteiger charge is -2.38. The van der Waals surface area contributed by atoms with E-state index in [2.05, 4.69) is 33.9 Å². The van der Waals surface area contributed by atoms with E-state index in [-0.39, 0.29) is 28.9 Å². The summed E-state index contributed by atoms with van der Waals surface area (Å²) in [5.74, 6) is 0. The zero-order chi connectivity index (χ0) is 19.0. The zero-order valence-electron chi connectivity index (χ0n) is 15.7. The molecule has 2 rings (SSSR count). The average Bonchev–Trinajstić information content (AvgIpc) is 2.85. The molecule has 3 nitrogen and oxygen atoms in total. The van der Waals surface area contributed by atoms with Gasteiger partial charge in [0.15, 0.2) is 8.32 Å². The zero-order valence-corrected chi connectivity index (χ0v) is 16.7. The number of benzene rings is 1. The number of nitrogen functional groups attached to an aromatic ring is 1. The highest BCUT2D eigenvalue weighted by atomic mass is 28.4. The van der Waals surface area contributed by atoms with E-state index in [0.29, 0.717) is 6.54 Å². The predicted octanol–water partition coefficient (Wildman–Crippen LogP) is 4.88. The maximum absolute atomic E-state index is 13.2. The Kier molecular flexibility index (Phi) is 5.61. The summed E-state index contributed by atoms with van der Waals surface area (Å²) in [7, 11) is -1.87. The van der Waals surface area contributed by atoms with Gasteiger partial charge in [-0.05, 0) is 36.7 Å². The molecule has 0 aromatic heterocycles. The van der Waals surface area contributed by atoms with Crippen LogP contribution >= 0.6 is 0 Å². The van der Waals surface area contributed by atoms with Gasteiger partial charge in [-0.3, -0.25) is 4.90 Å². The van der Waals surface area contributed by atoms with E-state index in [1.807, 2.05) is 4.90 Å². The summed E-state index contributed by atoms with van der Waals surface area (Å²) in [6.45, 7) is 12.5. The highest BCUT2D eigenvalue weighted by Gasteiger charge is 2.41. The van der Waals surface area contributed by atoms with E-state index >= 15 is 0 Å². The van der Waals surface area contributed by atoms with E-state index in [0.717, 1.165) is 19.0 Å². The van der Waals surface area contributed by atoms with Crippen molar-refractivity contribution >= 4 is 14.0 Å². The first-order valence-electron chi connectivity index (χ1n) is 8.66. The number of anilines is 1. The molecular weight excluding hydrogens is 345 g/mol. The predicted molar refractivity (Wildman–Crippen MR) is 97.8 cm³/mol. The van der Waals surface area contributed by atoms with Gasteiger partial charge in [-0.1, -0.05) is 26.8 Å². The van der Waals surface area contributed by atoms with E-state index in [1.54, 1.807) is 0 Å². The smallest absolute Gasteiger partial charge is 0.413 e. The summed E-state index contributed by atoms with van der Waals surface area (Å²) in [6, 6.07) is 3.99. The van der Waals surface area contributed by atoms with Crippen LogP contribution in [0.1, 0.15) is 38.3 Å². The summed E-state index contributed by atoms with van der Waals surface area (Å²) in [6.07, 6.45) is -3.46. The van der Waals surface area contributed by atoms with Crippen molar-refractivity contribution in [2.75, 3.05) is 18.8 Å². The van der Waals surface area contributed by atoms with Crippen LogP contribution in [0, 0.1) is 0 Å². The van der Waals surface area contributed by atoms with Gasteiger partial charge in [0.2, 0.25) is 0 Å². The number of halogens is 3. The molecule has 7 heteroatoms. The van der Waals surface area contributed by atoms with Gasteiger partial charge in [0, 0.05) is 30.9 Å². The van der Waals surface area contributed by atoms with Gasteiger partial charge < -0.3 is 10.2 Å². The molecule has 1 fully saturated rings. The van der Waals surface area contributed by atoms with Crippen LogP contribution in [0.15, 0.2) is 18.2 Å². The molecule has 0 amide bonds. The van der Waals surface area contributed by atoms with E-state index in [4.69, 9.17) is 10.2 Å².